The predicted molar refractivity (Wildman–Crippen MR) is 85.1 cm³/mol. The molecule has 0 saturated carbocycles. The molecule has 4 aromatic rings. The summed E-state index contributed by atoms with van der Waals surface area (Å²) in [7, 11) is 0. The highest BCUT2D eigenvalue weighted by Gasteiger charge is 2.21. The van der Waals surface area contributed by atoms with Gasteiger partial charge in [0.25, 0.3) is 0 Å². The maximum Gasteiger partial charge on any atom is 0.175 e. The molecule has 0 saturated heterocycles. The number of hydrogen-bond acceptors (Lipinski definition) is 3. The summed E-state index contributed by atoms with van der Waals surface area (Å²) in [4.78, 5) is 0. The van der Waals surface area contributed by atoms with Crippen molar-refractivity contribution in [1.29, 1.82) is 0 Å². The number of rotatable bonds is 3. The quantitative estimate of drug-likeness (QED) is 0.515. The summed E-state index contributed by atoms with van der Waals surface area (Å²) in [5, 5.41) is 4.30. The first kappa shape index (κ1) is 12.7. The minimum atomic E-state index is 0.751. The summed E-state index contributed by atoms with van der Waals surface area (Å²) in [5.74, 6) is 0.751. The van der Waals surface area contributed by atoms with Crippen molar-refractivity contribution in [2.24, 2.45) is 0 Å². The Morgan fingerprint density at radius 1 is 0.682 bits per heavy atom. The first-order valence-corrected chi connectivity index (χ1v) is 7.06. The zero-order valence-corrected chi connectivity index (χ0v) is 11.8. The summed E-state index contributed by atoms with van der Waals surface area (Å²) in [6.07, 6.45) is 3.37. The van der Waals surface area contributed by atoms with Crippen LogP contribution in [0.1, 0.15) is 0 Å². The van der Waals surface area contributed by atoms with E-state index in [1.54, 1.807) is 12.5 Å². The minimum absolute atomic E-state index is 0.751. The van der Waals surface area contributed by atoms with Crippen LogP contribution in [-0.2, 0) is 0 Å². The highest BCUT2D eigenvalue weighted by Crippen LogP contribution is 2.39. The maximum atomic E-state index is 5.67. The van der Waals surface area contributed by atoms with Gasteiger partial charge in [0.1, 0.15) is 5.69 Å². The molecule has 3 heteroatoms. The molecular formula is C19H13NO2. The Balaban J connectivity index is 1.96. The summed E-state index contributed by atoms with van der Waals surface area (Å²) < 4.78 is 10.9. The normalized spacial score (nSPS) is 10.7. The van der Waals surface area contributed by atoms with Crippen molar-refractivity contribution in [3.8, 4) is 33.7 Å². The van der Waals surface area contributed by atoms with Crippen molar-refractivity contribution in [1.82, 2.24) is 5.16 Å². The smallest absolute Gasteiger partial charge is 0.175 e. The van der Waals surface area contributed by atoms with Crippen molar-refractivity contribution in [3.05, 3.63) is 79.3 Å². The van der Waals surface area contributed by atoms with Gasteiger partial charge < -0.3 is 8.94 Å². The van der Waals surface area contributed by atoms with Crippen LogP contribution >= 0.6 is 0 Å². The van der Waals surface area contributed by atoms with Crippen LogP contribution in [0.2, 0.25) is 0 Å². The van der Waals surface area contributed by atoms with E-state index in [0.29, 0.717) is 0 Å². The third-order valence-electron chi connectivity index (χ3n) is 3.59. The van der Waals surface area contributed by atoms with Gasteiger partial charge in [-0.25, -0.2) is 0 Å². The molecule has 22 heavy (non-hydrogen) atoms. The molecular weight excluding hydrogens is 274 g/mol. The van der Waals surface area contributed by atoms with E-state index in [4.69, 9.17) is 8.94 Å². The Bertz CT molecular complexity index is 805. The molecule has 2 heterocycles. The van der Waals surface area contributed by atoms with E-state index in [2.05, 4.69) is 5.16 Å². The molecule has 0 amide bonds. The third kappa shape index (κ3) is 2.13. The monoisotopic (exact) mass is 287 g/mol. The molecule has 0 bridgehead atoms. The van der Waals surface area contributed by atoms with Crippen LogP contribution in [0, 0.1) is 0 Å². The number of furan rings is 1. The van der Waals surface area contributed by atoms with Crippen molar-refractivity contribution < 1.29 is 8.94 Å². The van der Waals surface area contributed by atoms with Gasteiger partial charge in [0.15, 0.2) is 5.76 Å². The van der Waals surface area contributed by atoms with Crippen LogP contribution < -0.4 is 0 Å². The van der Waals surface area contributed by atoms with Crippen LogP contribution in [-0.4, -0.2) is 5.16 Å². The average molecular weight is 287 g/mol. The lowest BCUT2D eigenvalue weighted by Gasteiger charge is -2.02. The second-order valence-electron chi connectivity index (χ2n) is 4.98. The van der Waals surface area contributed by atoms with Crippen LogP contribution in [0.3, 0.4) is 0 Å². The molecule has 0 unspecified atom stereocenters. The van der Waals surface area contributed by atoms with Gasteiger partial charge in [-0.3, -0.25) is 0 Å². The summed E-state index contributed by atoms with van der Waals surface area (Å²) >= 11 is 0. The molecule has 0 N–H and O–H groups in total. The first-order chi connectivity index (χ1) is 10.9. The van der Waals surface area contributed by atoms with Crippen LogP contribution in [0.4, 0.5) is 0 Å². The molecule has 2 aromatic carbocycles. The molecule has 0 aliphatic carbocycles. The molecule has 0 aliphatic heterocycles. The third-order valence-corrected chi connectivity index (χ3v) is 3.59. The summed E-state index contributed by atoms with van der Waals surface area (Å²) in [6, 6.07) is 21.9. The Hall–Kier alpha value is -3.07. The predicted octanol–water partition coefficient (Wildman–Crippen LogP) is 5.27. The Kier molecular flexibility index (Phi) is 3.09. The molecule has 3 nitrogen and oxygen atoms in total. The molecule has 4 rings (SSSR count). The lowest BCUT2D eigenvalue weighted by atomic mass is 9.98. The molecule has 0 atom stereocenters. The van der Waals surface area contributed by atoms with E-state index in [9.17, 15) is 0 Å². The summed E-state index contributed by atoms with van der Waals surface area (Å²) in [6.45, 7) is 0. The van der Waals surface area contributed by atoms with Crippen LogP contribution in [0.25, 0.3) is 33.7 Å². The summed E-state index contributed by atoms with van der Waals surface area (Å²) in [5.41, 5.74) is 4.74. The Labute approximate surface area is 127 Å². The van der Waals surface area contributed by atoms with Gasteiger partial charge in [0.2, 0.25) is 0 Å². The van der Waals surface area contributed by atoms with Crippen LogP contribution in [0.5, 0.6) is 0 Å². The van der Waals surface area contributed by atoms with Gasteiger partial charge in [-0.2, -0.15) is 0 Å². The maximum absolute atomic E-state index is 5.67. The highest BCUT2D eigenvalue weighted by atomic mass is 16.5. The van der Waals surface area contributed by atoms with Gasteiger partial charge >= 0.3 is 0 Å². The zero-order chi connectivity index (χ0) is 14.8. The number of nitrogens with zero attached hydrogens (tertiary/aromatic N) is 1. The number of aromatic nitrogens is 1. The van der Waals surface area contributed by atoms with Crippen molar-refractivity contribution >= 4 is 0 Å². The largest absolute Gasteiger partial charge is 0.472 e. The molecule has 0 spiro atoms. The van der Waals surface area contributed by atoms with E-state index >= 15 is 0 Å². The lowest BCUT2D eigenvalue weighted by Crippen LogP contribution is -1.83. The van der Waals surface area contributed by atoms with E-state index in [0.717, 1.165) is 33.7 Å². The van der Waals surface area contributed by atoms with Gasteiger partial charge in [-0.15, -0.1) is 0 Å². The van der Waals surface area contributed by atoms with Crippen molar-refractivity contribution in [2.45, 2.75) is 0 Å². The first-order valence-electron chi connectivity index (χ1n) is 7.06. The molecule has 0 fully saturated rings. The van der Waals surface area contributed by atoms with Crippen LogP contribution in [0.15, 0.2) is 88.2 Å². The van der Waals surface area contributed by atoms with Gasteiger partial charge in [0, 0.05) is 16.7 Å². The van der Waals surface area contributed by atoms with Gasteiger partial charge in [-0.05, 0) is 6.07 Å². The Morgan fingerprint density at radius 2 is 1.36 bits per heavy atom. The topological polar surface area (TPSA) is 39.2 Å². The van der Waals surface area contributed by atoms with Crippen molar-refractivity contribution in [3.63, 3.8) is 0 Å². The van der Waals surface area contributed by atoms with E-state index in [1.165, 1.54) is 0 Å². The number of hydrogen-bond donors (Lipinski definition) is 0. The fourth-order valence-corrected chi connectivity index (χ4v) is 2.54. The van der Waals surface area contributed by atoms with Crippen molar-refractivity contribution in [2.75, 3.05) is 0 Å². The van der Waals surface area contributed by atoms with E-state index < -0.39 is 0 Å². The molecule has 106 valence electrons. The van der Waals surface area contributed by atoms with Gasteiger partial charge in [0.05, 0.1) is 18.1 Å². The molecule has 2 aromatic heterocycles. The number of benzene rings is 2. The zero-order valence-electron chi connectivity index (χ0n) is 11.8. The highest BCUT2D eigenvalue weighted by molar-refractivity contribution is 5.89. The Morgan fingerprint density at radius 3 is 2.00 bits per heavy atom. The standard InChI is InChI=1S/C19H13NO2/c1-3-7-14(8-4-1)18-17(16-11-12-21-13-16)19(22-20-18)15-9-5-2-6-10-15/h1-13H. The van der Waals surface area contributed by atoms with E-state index in [-0.39, 0.29) is 0 Å². The minimum Gasteiger partial charge on any atom is -0.472 e. The second kappa shape index (κ2) is 5.37. The lowest BCUT2D eigenvalue weighted by molar-refractivity contribution is 0.435. The van der Waals surface area contributed by atoms with Gasteiger partial charge in [-0.1, -0.05) is 65.8 Å². The molecule has 0 aliphatic rings. The SMILES string of the molecule is c1ccc(-c2noc(-c3ccccc3)c2-c2ccoc2)cc1. The average Bonchev–Trinajstić information content (AvgIpc) is 3.25. The molecule has 0 radical (unpaired) electrons. The van der Waals surface area contributed by atoms with E-state index in [1.807, 2.05) is 66.7 Å². The fourth-order valence-electron chi connectivity index (χ4n) is 2.54. The fraction of sp³-hybridized carbons (Fsp3) is 0. The second-order valence-corrected chi connectivity index (χ2v) is 4.98.